The first-order valence-corrected chi connectivity index (χ1v) is 6.75. The highest BCUT2D eigenvalue weighted by Gasteiger charge is 2.23. The molecular formula is C14H19IN4O. The van der Waals surface area contributed by atoms with Gasteiger partial charge in [0.05, 0.1) is 6.54 Å². The number of nitrogens with zero attached hydrogens (tertiary/aromatic N) is 2. The summed E-state index contributed by atoms with van der Waals surface area (Å²) in [5, 5.41) is 6.23. The molecule has 0 fully saturated rings. The Labute approximate surface area is 135 Å². The predicted molar refractivity (Wildman–Crippen MR) is 90.8 cm³/mol. The Bertz CT molecular complexity index is 518. The van der Waals surface area contributed by atoms with Crippen LogP contribution >= 0.6 is 24.0 Å². The molecule has 0 saturated heterocycles. The summed E-state index contributed by atoms with van der Waals surface area (Å²) in [6, 6.07) is 8.09. The number of carbonyl (C=O) groups is 1. The van der Waals surface area contributed by atoms with E-state index >= 15 is 0 Å². The quantitative estimate of drug-likeness (QED) is 0.750. The lowest BCUT2D eigenvalue weighted by molar-refractivity contribution is -0.117. The molecule has 1 aromatic rings. The molecule has 6 heteroatoms. The highest BCUT2D eigenvalue weighted by atomic mass is 127. The molecule has 2 N–H and O–H groups in total. The molecular weight excluding hydrogens is 367 g/mol. The molecule has 108 valence electrons. The number of benzene rings is 1. The topological polar surface area (TPSA) is 56.7 Å². The van der Waals surface area contributed by atoms with Crippen molar-refractivity contribution >= 4 is 41.5 Å². The average molecular weight is 386 g/mol. The number of amides is 1. The van der Waals surface area contributed by atoms with Crippen molar-refractivity contribution in [2.75, 3.05) is 31.1 Å². The summed E-state index contributed by atoms with van der Waals surface area (Å²) < 4.78 is 0. The first kappa shape index (κ1) is 15.1. The Morgan fingerprint density at radius 1 is 1.40 bits per heavy atom. The van der Waals surface area contributed by atoms with Gasteiger partial charge in [-0.1, -0.05) is 18.2 Å². The Kier molecular flexibility index (Phi) is 5.22. The largest absolute Gasteiger partial charge is 0.356 e. The van der Waals surface area contributed by atoms with E-state index in [1.807, 2.05) is 23.1 Å². The number of fused-ring (bicyclic) bond motifs is 1. The lowest BCUT2D eigenvalue weighted by Gasteiger charge is -2.20. The number of nitrogens with one attached hydrogen (secondary N) is 2. The van der Waals surface area contributed by atoms with Gasteiger partial charge in [-0.3, -0.25) is 9.79 Å². The average Bonchev–Trinajstić information content (AvgIpc) is 2.90. The molecule has 1 aromatic carbocycles. The first-order valence-electron chi connectivity index (χ1n) is 6.75. The third kappa shape index (κ3) is 3.23. The molecule has 1 amide bonds. The van der Waals surface area contributed by atoms with Crippen LogP contribution in [0, 0.1) is 0 Å². The Balaban J connectivity index is 0.00000147. The number of halogens is 1. The predicted octanol–water partition coefficient (Wildman–Crippen LogP) is 1.13. The van der Waals surface area contributed by atoms with Gasteiger partial charge in [0.2, 0.25) is 5.91 Å². The fraction of sp³-hybridized carbons (Fsp3) is 0.429. The van der Waals surface area contributed by atoms with E-state index in [1.54, 1.807) is 0 Å². The Hall–Kier alpha value is -1.31. The van der Waals surface area contributed by atoms with Crippen molar-refractivity contribution in [3.63, 3.8) is 0 Å². The maximum absolute atomic E-state index is 12.2. The van der Waals surface area contributed by atoms with Crippen molar-refractivity contribution in [2.24, 2.45) is 4.99 Å². The molecule has 0 bridgehead atoms. The second-order valence-electron chi connectivity index (χ2n) is 4.79. The van der Waals surface area contributed by atoms with Crippen LogP contribution in [-0.2, 0) is 11.2 Å². The molecule has 3 rings (SSSR count). The van der Waals surface area contributed by atoms with Crippen molar-refractivity contribution in [2.45, 2.75) is 12.8 Å². The molecule has 2 aliphatic rings. The highest BCUT2D eigenvalue weighted by Crippen LogP contribution is 2.27. The Morgan fingerprint density at radius 2 is 2.25 bits per heavy atom. The van der Waals surface area contributed by atoms with Crippen LogP contribution < -0.4 is 15.5 Å². The van der Waals surface area contributed by atoms with Crippen LogP contribution in [0.15, 0.2) is 29.3 Å². The van der Waals surface area contributed by atoms with Gasteiger partial charge in [-0.15, -0.1) is 24.0 Å². The molecule has 0 unspecified atom stereocenters. The summed E-state index contributed by atoms with van der Waals surface area (Å²) in [7, 11) is 0. The van der Waals surface area contributed by atoms with E-state index in [1.165, 1.54) is 5.56 Å². The summed E-state index contributed by atoms with van der Waals surface area (Å²) in [6.07, 6.45) is 2.00. The van der Waals surface area contributed by atoms with Crippen molar-refractivity contribution in [1.82, 2.24) is 10.6 Å². The van der Waals surface area contributed by atoms with Crippen LogP contribution in [0.3, 0.4) is 0 Å². The normalized spacial score (nSPS) is 16.6. The number of hydrogen-bond donors (Lipinski definition) is 2. The van der Waals surface area contributed by atoms with Gasteiger partial charge in [-0.05, 0) is 24.5 Å². The van der Waals surface area contributed by atoms with Crippen molar-refractivity contribution < 1.29 is 4.79 Å². The van der Waals surface area contributed by atoms with Crippen LogP contribution in [0.25, 0.3) is 0 Å². The second kappa shape index (κ2) is 6.92. The minimum atomic E-state index is 0. The van der Waals surface area contributed by atoms with Crippen LogP contribution in [0.1, 0.15) is 12.0 Å². The zero-order chi connectivity index (χ0) is 13.1. The summed E-state index contributed by atoms with van der Waals surface area (Å²) in [6.45, 7) is 2.82. The maximum Gasteiger partial charge on any atom is 0.246 e. The van der Waals surface area contributed by atoms with Crippen LogP contribution in [0.4, 0.5) is 5.69 Å². The van der Waals surface area contributed by atoms with Gasteiger partial charge in [0.15, 0.2) is 5.96 Å². The third-order valence-corrected chi connectivity index (χ3v) is 3.49. The fourth-order valence-electron chi connectivity index (χ4n) is 2.50. The molecule has 0 saturated carbocycles. The SMILES string of the molecule is I.O=C(CNC1=NCCCN1)N1CCc2ccccc21. The number of hydrogen-bond acceptors (Lipinski definition) is 4. The maximum atomic E-state index is 12.2. The monoisotopic (exact) mass is 386 g/mol. The number of anilines is 1. The number of para-hydroxylation sites is 1. The lowest BCUT2D eigenvalue weighted by atomic mass is 10.2. The molecule has 5 nitrogen and oxygen atoms in total. The fourth-order valence-corrected chi connectivity index (χ4v) is 2.50. The van der Waals surface area contributed by atoms with Gasteiger partial charge in [0, 0.05) is 25.3 Å². The minimum Gasteiger partial charge on any atom is -0.356 e. The molecule has 0 aliphatic carbocycles. The van der Waals surface area contributed by atoms with Gasteiger partial charge >= 0.3 is 0 Å². The van der Waals surface area contributed by atoms with E-state index in [0.717, 1.165) is 44.1 Å². The van der Waals surface area contributed by atoms with E-state index in [9.17, 15) is 4.79 Å². The standard InChI is InChI=1S/C14H18N4O.HI/c19-13(10-17-14-15-7-3-8-16-14)18-9-6-11-4-1-2-5-12(11)18;/h1-2,4-5H,3,6-10H2,(H2,15,16,17);1H. The van der Waals surface area contributed by atoms with Crippen LogP contribution in [0.2, 0.25) is 0 Å². The molecule has 0 spiro atoms. The van der Waals surface area contributed by atoms with Crippen LogP contribution in [-0.4, -0.2) is 38.0 Å². The van der Waals surface area contributed by atoms with Gasteiger partial charge in [-0.2, -0.15) is 0 Å². The zero-order valence-electron chi connectivity index (χ0n) is 11.3. The summed E-state index contributed by atoms with van der Waals surface area (Å²) >= 11 is 0. The van der Waals surface area contributed by atoms with Crippen molar-refractivity contribution in [3.05, 3.63) is 29.8 Å². The molecule has 0 atom stereocenters. The zero-order valence-corrected chi connectivity index (χ0v) is 13.6. The third-order valence-electron chi connectivity index (χ3n) is 3.49. The van der Waals surface area contributed by atoms with E-state index in [0.29, 0.717) is 6.54 Å². The second-order valence-corrected chi connectivity index (χ2v) is 4.79. The van der Waals surface area contributed by atoms with Crippen molar-refractivity contribution in [3.8, 4) is 0 Å². The van der Waals surface area contributed by atoms with E-state index in [-0.39, 0.29) is 29.9 Å². The lowest BCUT2D eigenvalue weighted by Crippen LogP contribution is -2.46. The summed E-state index contributed by atoms with van der Waals surface area (Å²) in [5.74, 6) is 0.840. The number of aliphatic imine (C=N–C) groups is 1. The number of rotatable bonds is 2. The van der Waals surface area contributed by atoms with Gasteiger partial charge in [-0.25, -0.2) is 0 Å². The van der Waals surface area contributed by atoms with Gasteiger partial charge in [0.25, 0.3) is 0 Å². The minimum absolute atomic E-state index is 0. The van der Waals surface area contributed by atoms with E-state index in [2.05, 4.69) is 21.7 Å². The summed E-state index contributed by atoms with van der Waals surface area (Å²) in [5.41, 5.74) is 2.30. The summed E-state index contributed by atoms with van der Waals surface area (Å²) in [4.78, 5) is 18.4. The van der Waals surface area contributed by atoms with Crippen molar-refractivity contribution in [1.29, 1.82) is 0 Å². The molecule has 0 aromatic heterocycles. The first-order chi connectivity index (χ1) is 9.34. The molecule has 0 radical (unpaired) electrons. The van der Waals surface area contributed by atoms with Gasteiger partial charge < -0.3 is 15.5 Å². The number of carbonyl (C=O) groups excluding carboxylic acids is 1. The molecule has 2 aliphatic heterocycles. The van der Waals surface area contributed by atoms with Crippen LogP contribution in [0.5, 0.6) is 0 Å². The Morgan fingerprint density at radius 3 is 3.05 bits per heavy atom. The molecule has 20 heavy (non-hydrogen) atoms. The molecule has 2 heterocycles. The van der Waals surface area contributed by atoms with Gasteiger partial charge in [0.1, 0.15) is 0 Å². The highest BCUT2D eigenvalue weighted by molar-refractivity contribution is 14.0. The smallest absolute Gasteiger partial charge is 0.246 e. The number of guanidine groups is 1. The van der Waals surface area contributed by atoms with E-state index in [4.69, 9.17) is 0 Å². The van der Waals surface area contributed by atoms with E-state index < -0.39 is 0 Å².